The van der Waals surface area contributed by atoms with Crippen molar-refractivity contribution in [3.8, 4) is 11.5 Å². The lowest BCUT2D eigenvalue weighted by atomic mass is 9.90. The van der Waals surface area contributed by atoms with E-state index in [1.807, 2.05) is 18.2 Å². The van der Waals surface area contributed by atoms with Crippen LogP contribution in [0, 0.1) is 0 Å². The van der Waals surface area contributed by atoms with E-state index in [2.05, 4.69) is 20.8 Å². The molecule has 3 heteroatoms. The van der Waals surface area contributed by atoms with E-state index in [4.69, 9.17) is 15.2 Å². The van der Waals surface area contributed by atoms with Crippen molar-refractivity contribution >= 4 is 0 Å². The van der Waals surface area contributed by atoms with Crippen molar-refractivity contribution in [2.24, 2.45) is 5.73 Å². The Morgan fingerprint density at radius 2 is 2.24 bits per heavy atom. The van der Waals surface area contributed by atoms with Gasteiger partial charge >= 0.3 is 0 Å². The smallest absolute Gasteiger partial charge is 0.166 e. The van der Waals surface area contributed by atoms with Gasteiger partial charge in [0.2, 0.25) is 0 Å². The third-order valence-corrected chi connectivity index (χ3v) is 2.96. The van der Waals surface area contributed by atoms with E-state index in [0.717, 1.165) is 29.9 Å². The highest BCUT2D eigenvalue weighted by molar-refractivity contribution is 5.49. The summed E-state index contributed by atoms with van der Waals surface area (Å²) >= 11 is 0. The normalized spacial score (nSPS) is 21.5. The first kappa shape index (κ1) is 12.2. The van der Waals surface area contributed by atoms with E-state index < -0.39 is 0 Å². The zero-order valence-corrected chi connectivity index (χ0v) is 10.8. The summed E-state index contributed by atoms with van der Waals surface area (Å²) in [6, 6.07) is 5.97. The third-order valence-electron chi connectivity index (χ3n) is 2.96. The van der Waals surface area contributed by atoms with Gasteiger partial charge in [0.1, 0.15) is 5.60 Å². The van der Waals surface area contributed by atoms with Crippen molar-refractivity contribution in [3.63, 3.8) is 0 Å². The summed E-state index contributed by atoms with van der Waals surface area (Å²) in [6.07, 6.45) is 1.82. The molecule has 0 radical (unpaired) electrons. The second-order valence-electron chi connectivity index (χ2n) is 5.20. The standard InChI is InChI=1S/C14H21NO2/c1-4-8-16-12-7-5-6-10-11(15)9-14(2,3)17-13(10)12/h5-7,11H,4,8-9,15H2,1-3H3. The Labute approximate surface area is 103 Å². The lowest BCUT2D eigenvalue weighted by Crippen LogP contribution is -2.37. The van der Waals surface area contributed by atoms with E-state index in [0.29, 0.717) is 6.61 Å². The first-order valence-electron chi connectivity index (χ1n) is 6.24. The molecule has 0 saturated heterocycles. The molecule has 2 N–H and O–H groups in total. The van der Waals surface area contributed by atoms with E-state index in [1.165, 1.54) is 0 Å². The molecule has 0 aliphatic carbocycles. The minimum Gasteiger partial charge on any atom is -0.490 e. The number of para-hydroxylation sites is 1. The largest absolute Gasteiger partial charge is 0.490 e. The molecule has 94 valence electrons. The number of nitrogens with two attached hydrogens (primary N) is 1. The average Bonchev–Trinajstić information content (AvgIpc) is 2.25. The van der Waals surface area contributed by atoms with Gasteiger partial charge in [-0.05, 0) is 26.3 Å². The number of hydrogen-bond acceptors (Lipinski definition) is 3. The summed E-state index contributed by atoms with van der Waals surface area (Å²) in [6.45, 7) is 6.92. The fraction of sp³-hybridized carbons (Fsp3) is 0.571. The van der Waals surface area contributed by atoms with Crippen molar-refractivity contribution in [1.82, 2.24) is 0 Å². The van der Waals surface area contributed by atoms with Gasteiger partial charge in [0.15, 0.2) is 11.5 Å². The van der Waals surface area contributed by atoms with Gasteiger partial charge in [-0.3, -0.25) is 0 Å². The summed E-state index contributed by atoms with van der Waals surface area (Å²) in [7, 11) is 0. The van der Waals surface area contributed by atoms with Crippen molar-refractivity contribution in [1.29, 1.82) is 0 Å². The van der Waals surface area contributed by atoms with E-state index in [9.17, 15) is 0 Å². The molecule has 0 spiro atoms. The SMILES string of the molecule is CCCOc1cccc2c1OC(C)(C)CC2N. The molecular weight excluding hydrogens is 214 g/mol. The predicted molar refractivity (Wildman–Crippen MR) is 68.5 cm³/mol. The zero-order chi connectivity index (χ0) is 12.5. The molecule has 1 aromatic rings. The summed E-state index contributed by atoms with van der Waals surface area (Å²) in [5.41, 5.74) is 7.01. The number of benzene rings is 1. The Kier molecular flexibility index (Phi) is 3.29. The third kappa shape index (κ3) is 2.55. The predicted octanol–water partition coefficient (Wildman–Crippen LogP) is 3.04. The molecular formula is C14H21NO2. The summed E-state index contributed by atoms with van der Waals surface area (Å²) in [5, 5.41) is 0. The molecule has 1 aliphatic rings. The maximum absolute atomic E-state index is 6.18. The van der Waals surface area contributed by atoms with E-state index >= 15 is 0 Å². The molecule has 1 aromatic carbocycles. The minimum atomic E-state index is -0.224. The lowest BCUT2D eigenvalue weighted by molar-refractivity contribution is 0.0677. The Morgan fingerprint density at radius 3 is 2.94 bits per heavy atom. The molecule has 0 aromatic heterocycles. The average molecular weight is 235 g/mol. The lowest BCUT2D eigenvalue weighted by Gasteiger charge is -2.36. The maximum Gasteiger partial charge on any atom is 0.166 e. The Bertz CT molecular complexity index is 401. The number of fused-ring (bicyclic) bond motifs is 1. The first-order chi connectivity index (χ1) is 8.03. The molecule has 0 amide bonds. The van der Waals surface area contributed by atoms with Gasteiger partial charge < -0.3 is 15.2 Å². The number of hydrogen-bond donors (Lipinski definition) is 1. The van der Waals surface area contributed by atoms with Crippen molar-refractivity contribution in [2.75, 3.05) is 6.61 Å². The van der Waals surface area contributed by atoms with Crippen LogP contribution in [-0.2, 0) is 0 Å². The molecule has 2 rings (SSSR count). The van der Waals surface area contributed by atoms with Gasteiger partial charge in [0, 0.05) is 18.0 Å². The van der Waals surface area contributed by atoms with Crippen LogP contribution in [0.25, 0.3) is 0 Å². The molecule has 3 nitrogen and oxygen atoms in total. The van der Waals surface area contributed by atoms with Crippen LogP contribution in [-0.4, -0.2) is 12.2 Å². The second-order valence-corrected chi connectivity index (χ2v) is 5.20. The summed E-state index contributed by atoms with van der Waals surface area (Å²) in [5.74, 6) is 1.64. The van der Waals surface area contributed by atoms with Crippen LogP contribution in [0.5, 0.6) is 11.5 Å². The van der Waals surface area contributed by atoms with Gasteiger partial charge in [-0.1, -0.05) is 19.1 Å². The molecule has 1 unspecified atom stereocenters. The van der Waals surface area contributed by atoms with Crippen molar-refractivity contribution in [2.45, 2.75) is 45.3 Å². The highest BCUT2D eigenvalue weighted by Crippen LogP contribution is 2.43. The zero-order valence-electron chi connectivity index (χ0n) is 10.8. The van der Waals surface area contributed by atoms with Crippen LogP contribution in [0.2, 0.25) is 0 Å². The molecule has 1 heterocycles. The molecule has 1 aliphatic heterocycles. The van der Waals surface area contributed by atoms with Gasteiger partial charge in [-0.2, -0.15) is 0 Å². The van der Waals surface area contributed by atoms with Gasteiger partial charge in [0.25, 0.3) is 0 Å². The van der Waals surface area contributed by atoms with Crippen LogP contribution in [0.15, 0.2) is 18.2 Å². The Hall–Kier alpha value is -1.22. The Balaban J connectivity index is 2.35. The molecule has 17 heavy (non-hydrogen) atoms. The fourth-order valence-corrected chi connectivity index (χ4v) is 2.22. The van der Waals surface area contributed by atoms with Gasteiger partial charge in [0.05, 0.1) is 6.61 Å². The second kappa shape index (κ2) is 4.57. The minimum absolute atomic E-state index is 0.0268. The number of rotatable bonds is 3. The monoisotopic (exact) mass is 235 g/mol. The highest BCUT2D eigenvalue weighted by Gasteiger charge is 2.33. The van der Waals surface area contributed by atoms with E-state index in [-0.39, 0.29) is 11.6 Å². The quantitative estimate of drug-likeness (QED) is 0.875. The van der Waals surface area contributed by atoms with Crippen LogP contribution in [0.1, 0.15) is 45.2 Å². The van der Waals surface area contributed by atoms with Gasteiger partial charge in [-0.25, -0.2) is 0 Å². The van der Waals surface area contributed by atoms with Crippen LogP contribution >= 0.6 is 0 Å². The topological polar surface area (TPSA) is 44.5 Å². The van der Waals surface area contributed by atoms with Crippen LogP contribution in [0.4, 0.5) is 0 Å². The van der Waals surface area contributed by atoms with Crippen LogP contribution in [0.3, 0.4) is 0 Å². The van der Waals surface area contributed by atoms with Gasteiger partial charge in [-0.15, -0.1) is 0 Å². The molecule has 0 bridgehead atoms. The summed E-state index contributed by atoms with van der Waals surface area (Å²) in [4.78, 5) is 0. The molecule has 0 fully saturated rings. The maximum atomic E-state index is 6.18. The number of ether oxygens (including phenoxy) is 2. The first-order valence-corrected chi connectivity index (χ1v) is 6.24. The van der Waals surface area contributed by atoms with Crippen molar-refractivity contribution in [3.05, 3.63) is 23.8 Å². The molecule has 0 saturated carbocycles. The fourth-order valence-electron chi connectivity index (χ4n) is 2.22. The highest BCUT2D eigenvalue weighted by atomic mass is 16.5. The summed E-state index contributed by atoms with van der Waals surface area (Å²) < 4.78 is 11.7. The van der Waals surface area contributed by atoms with Crippen molar-refractivity contribution < 1.29 is 9.47 Å². The molecule has 1 atom stereocenters. The Morgan fingerprint density at radius 1 is 1.47 bits per heavy atom. The van der Waals surface area contributed by atoms with Crippen LogP contribution < -0.4 is 15.2 Å². The van der Waals surface area contributed by atoms with E-state index in [1.54, 1.807) is 0 Å².